The SMILES string of the molecule is CCCNCC(C)(CCC)Cc1nn(C)c2ccccc12. The molecule has 0 saturated heterocycles. The number of aryl methyl sites for hydroxylation is 1. The topological polar surface area (TPSA) is 29.9 Å². The lowest BCUT2D eigenvalue weighted by Gasteiger charge is -2.29. The second-order valence-corrected chi connectivity index (χ2v) is 6.50. The Labute approximate surface area is 128 Å². The number of fused-ring (bicyclic) bond motifs is 1. The molecule has 0 aliphatic heterocycles. The fraction of sp³-hybridized carbons (Fsp3) is 0.611. The molecule has 3 nitrogen and oxygen atoms in total. The minimum absolute atomic E-state index is 0.279. The van der Waals surface area contributed by atoms with Crippen molar-refractivity contribution >= 4 is 10.9 Å². The van der Waals surface area contributed by atoms with Gasteiger partial charge >= 0.3 is 0 Å². The zero-order valence-corrected chi connectivity index (χ0v) is 13.9. The minimum atomic E-state index is 0.279. The summed E-state index contributed by atoms with van der Waals surface area (Å²) in [6.07, 6.45) is 4.68. The third kappa shape index (κ3) is 3.85. The quantitative estimate of drug-likeness (QED) is 0.746. The molecule has 116 valence electrons. The van der Waals surface area contributed by atoms with Gasteiger partial charge in [0.05, 0.1) is 11.2 Å². The second kappa shape index (κ2) is 7.08. The van der Waals surface area contributed by atoms with Crippen molar-refractivity contribution in [1.82, 2.24) is 15.1 Å². The molecule has 1 aromatic carbocycles. The van der Waals surface area contributed by atoms with Crippen molar-refractivity contribution < 1.29 is 0 Å². The number of para-hydroxylation sites is 1. The van der Waals surface area contributed by atoms with Gasteiger partial charge in [-0.05, 0) is 37.3 Å². The number of hydrogen-bond donors (Lipinski definition) is 1. The largest absolute Gasteiger partial charge is 0.316 e. The zero-order chi connectivity index (χ0) is 15.3. The van der Waals surface area contributed by atoms with Gasteiger partial charge < -0.3 is 5.32 Å². The summed E-state index contributed by atoms with van der Waals surface area (Å²) in [5.41, 5.74) is 2.75. The van der Waals surface area contributed by atoms with E-state index in [0.717, 1.165) is 19.5 Å². The van der Waals surface area contributed by atoms with E-state index < -0.39 is 0 Å². The number of nitrogens with zero attached hydrogens (tertiary/aromatic N) is 2. The van der Waals surface area contributed by atoms with Gasteiger partial charge in [0.2, 0.25) is 0 Å². The van der Waals surface area contributed by atoms with Gasteiger partial charge in [0.25, 0.3) is 0 Å². The Bertz CT molecular complexity index is 573. The van der Waals surface area contributed by atoms with Crippen LogP contribution < -0.4 is 5.32 Å². The van der Waals surface area contributed by atoms with Crippen molar-refractivity contribution in [3.05, 3.63) is 30.0 Å². The van der Waals surface area contributed by atoms with E-state index in [1.165, 1.54) is 35.9 Å². The van der Waals surface area contributed by atoms with Crippen LogP contribution in [0.2, 0.25) is 0 Å². The number of benzene rings is 1. The summed E-state index contributed by atoms with van der Waals surface area (Å²) in [7, 11) is 2.04. The summed E-state index contributed by atoms with van der Waals surface area (Å²) in [4.78, 5) is 0. The van der Waals surface area contributed by atoms with Crippen molar-refractivity contribution in [3.63, 3.8) is 0 Å². The first-order valence-electron chi connectivity index (χ1n) is 8.21. The van der Waals surface area contributed by atoms with E-state index in [4.69, 9.17) is 5.10 Å². The smallest absolute Gasteiger partial charge is 0.0709 e. The van der Waals surface area contributed by atoms with Crippen LogP contribution in [-0.2, 0) is 13.5 Å². The maximum Gasteiger partial charge on any atom is 0.0709 e. The standard InChI is InChI=1S/C18H29N3/c1-5-11-18(3,14-19-12-6-2)13-16-15-9-7-8-10-17(15)21(4)20-16/h7-10,19H,5-6,11-14H2,1-4H3. The molecule has 0 fully saturated rings. The molecule has 0 aliphatic rings. The van der Waals surface area contributed by atoms with Crippen LogP contribution in [0.4, 0.5) is 0 Å². The van der Waals surface area contributed by atoms with Crippen LogP contribution in [0.15, 0.2) is 24.3 Å². The lowest BCUT2D eigenvalue weighted by Crippen LogP contribution is -2.34. The van der Waals surface area contributed by atoms with Gasteiger partial charge in [0, 0.05) is 19.0 Å². The van der Waals surface area contributed by atoms with E-state index in [1.807, 2.05) is 11.7 Å². The van der Waals surface area contributed by atoms with Crippen LogP contribution in [0.1, 0.15) is 45.7 Å². The predicted octanol–water partition coefficient (Wildman–Crippen LogP) is 3.92. The van der Waals surface area contributed by atoms with Crippen LogP contribution in [0.5, 0.6) is 0 Å². The summed E-state index contributed by atoms with van der Waals surface area (Å²) in [5.74, 6) is 0. The Kier molecular flexibility index (Phi) is 5.40. The Morgan fingerprint density at radius 1 is 1.19 bits per heavy atom. The summed E-state index contributed by atoms with van der Waals surface area (Å²) in [6, 6.07) is 8.55. The maximum absolute atomic E-state index is 4.77. The first-order valence-corrected chi connectivity index (χ1v) is 8.21. The summed E-state index contributed by atoms with van der Waals surface area (Å²) >= 11 is 0. The molecule has 1 heterocycles. The molecule has 0 amide bonds. The lowest BCUT2D eigenvalue weighted by molar-refractivity contribution is 0.273. The summed E-state index contributed by atoms with van der Waals surface area (Å²) in [6.45, 7) is 9.05. The van der Waals surface area contributed by atoms with Crippen molar-refractivity contribution in [2.24, 2.45) is 12.5 Å². The molecule has 2 aromatic rings. The number of nitrogens with one attached hydrogen (secondary N) is 1. The fourth-order valence-corrected chi connectivity index (χ4v) is 3.23. The van der Waals surface area contributed by atoms with Crippen molar-refractivity contribution in [2.45, 2.75) is 46.5 Å². The number of aromatic nitrogens is 2. The Morgan fingerprint density at radius 2 is 1.95 bits per heavy atom. The average molecular weight is 287 g/mol. The molecule has 0 spiro atoms. The molecule has 21 heavy (non-hydrogen) atoms. The highest BCUT2D eigenvalue weighted by Gasteiger charge is 2.25. The highest BCUT2D eigenvalue weighted by molar-refractivity contribution is 5.81. The normalized spacial score (nSPS) is 14.5. The number of rotatable bonds is 8. The zero-order valence-electron chi connectivity index (χ0n) is 13.9. The Morgan fingerprint density at radius 3 is 2.67 bits per heavy atom. The van der Waals surface area contributed by atoms with Crippen molar-refractivity contribution in [3.8, 4) is 0 Å². The molecule has 2 rings (SSSR count). The molecule has 0 radical (unpaired) electrons. The van der Waals surface area contributed by atoms with Crippen LogP contribution >= 0.6 is 0 Å². The Hall–Kier alpha value is -1.35. The fourth-order valence-electron chi connectivity index (χ4n) is 3.23. The molecule has 1 unspecified atom stereocenters. The van der Waals surface area contributed by atoms with Gasteiger partial charge in [0.1, 0.15) is 0 Å². The van der Waals surface area contributed by atoms with Gasteiger partial charge in [-0.25, -0.2) is 0 Å². The summed E-state index contributed by atoms with van der Waals surface area (Å²) in [5, 5.41) is 9.68. The van der Waals surface area contributed by atoms with Gasteiger partial charge in [-0.3, -0.25) is 4.68 Å². The van der Waals surface area contributed by atoms with Crippen molar-refractivity contribution in [2.75, 3.05) is 13.1 Å². The van der Waals surface area contributed by atoms with Gasteiger partial charge in [0.15, 0.2) is 0 Å². The van der Waals surface area contributed by atoms with Gasteiger partial charge in [-0.1, -0.05) is 45.4 Å². The lowest BCUT2D eigenvalue weighted by atomic mass is 9.80. The molecule has 1 atom stereocenters. The van der Waals surface area contributed by atoms with E-state index >= 15 is 0 Å². The van der Waals surface area contributed by atoms with Gasteiger partial charge in [-0.15, -0.1) is 0 Å². The highest BCUT2D eigenvalue weighted by atomic mass is 15.3. The third-order valence-corrected chi connectivity index (χ3v) is 4.26. The Balaban J connectivity index is 2.22. The molecule has 0 bridgehead atoms. The van der Waals surface area contributed by atoms with Crippen LogP contribution in [0, 0.1) is 5.41 Å². The monoisotopic (exact) mass is 287 g/mol. The van der Waals surface area contributed by atoms with E-state index in [2.05, 4.69) is 50.4 Å². The summed E-state index contributed by atoms with van der Waals surface area (Å²) < 4.78 is 2.01. The van der Waals surface area contributed by atoms with E-state index in [1.54, 1.807) is 0 Å². The molecular formula is C18H29N3. The molecule has 0 aliphatic carbocycles. The third-order valence-electron chi connectivity index (χ3n) is 4.26. The molecule has 0 saturated carbocycles. The van der Waals surface area contributed by atoms with E-state index in [0.29, 0.717) is 0 Å². The molecular weight excluding hydrogens is 258 g/mol. The second-order valence-electron chi connectivity index (χ2n) is 6.50. The van der Waals surface area contributed by atoms with Crippen LogP contribution in [-0.4, -0.2) is 22.9 Å². The van der Waals surface area contributed by atoms with E-state index in [-0.39, 0.29) is 5.41 Å². The van der Waals surface area contributed by atoms with Crippen molar-refractivity contribution in [1.29, 1.82) is 0 Å². The number of hydrogen-bond acceptors (Lipinski definition) is 2. The minimum Gasteiger partial charge on any atom is -0.316 e. The predicted molar refractivity (Wildman–Crippen MR) is 90.6 cm³/mol. The molecule has 1 aromatic heterocycles. The highest BCUT2D eigenvalue weighted by Crippen LogP contribution is 2.30. The first kappa shape index (κ1) is 16.0. The average Bonchev–Trinajstić information content (AvgIpc) is 2.76. The van der Waals surface area contributed by atoms with E-state index in [9.17, 15) is 0 Å². The first-order chi connectivity index (χ1) is 10.1. The van der Waals surface area contributed by atoms with Crippen LogP contribution in [0.3, 0.4) is 0 Å². The maximum atomic E-state index is 4.77. The van der Waals surface area contributed by atoms with Gasteiger partial charge in [-0.2, -0.15) is 5.10 Å². The molecule has 3 heteroatoms. The molecule has 1 N–H and O–H groups in total. The van der Waals surface area contributed by atoms with Crippen LogP contribution in [0.25, 0.3) is 10.9 Å².